The zero-order valence-corrected chi connectivity index (χ0v) is 18.3. The van der Waals surface area contributed by atoms with Crippen LogP contribution in [0.15, 0.2) is 72.8 Å². The van der Waals surface area contributed by atoms with Crippen LogP contribution in [0.1, 0.15) is 17.5 Å². The average Bonchev–Trinajstić information content (AvgIpc) is 3.54. The van der Waals surface area contributed by atoms with Crippen LogP contribution in [-0.4, -0.2) is 47.0 Å². The van der Waals surface area contributed by atoms with E-state index in [1.54, 1.807) is 24.3 Å². The molecule has 3 aliphatic rings. The van der Waals surface area contributed by atoms with Crippen molar-refractivity contribution in [3.8, 4) is 11.5 Å². The molecule has 2 unspecified atom stereocenters. The number of urea groups is 1. The van der Waals surface area contributed by atoms with Gasteiger partial charge in [-0.05, 0) is 66.8 Å². The maximum absolute atomic E-state index is 13.3. The van der Waals surface area contributed by atoms with Crippen LogP contribution >= 0.6 is 0 Å². The molecule has 2 bridgehead atoms. The molecule has 2 fully saturated rings. The monoisotopic (exact) mass is 443 g/mol. The van der Waals surface area contributed by atoms with Crippen LogP contribution in [0.25, 0.3) is 0 Å². The molecule has 6 rings (SSSR count). The van der Waals surface area contributed by atoms with E-state index in [1.807, 2.05) is 17.0 Å². The number of hydrogen-bond donors (Lipinski definition) is 1. The first-order valence-corrected chi connectivity index (χ1v) is 11.6. The van der Waals surface area contributed by atoms with Gasteiger partial charge in [0.1, 0.15) is 17.3 Å². The topological polar surface area (TPSA) is 44.8 Å². The van der Waals surface area contributed by atoms with E-state index in [9.17, 15) is 9.18 Å². The number of rotatable bonds is 4. The Morgan fingerprint density at radius 1 is 0.848 bits per heavy atom. The number of nitrogens with zero attached hydrogens (tertiary/aromatic N) is 2. The van der Waals surface area contributed by atoms with Crippen LogP contribution < -0.4 is 10.1 Å². The van der Waals surface area contributed by atoms with E-state index in [4.69, 9.17) is 4.74 Å². The molecule has 168 valence electrons. The summed E-state index contributed by atoms with van der Waals surface area (Å²) in [7, 11) is 0. The molecule has 6 heteroatoms. The molecule has 3 aromatic carbocycles. The third kappa shape index (κ3) is 3.95. The fourth-order valence-electron chi connectivity index (χ4n) is 5.63. The van der Waals surface area contributed by atoms with E-state index in [0.29, 0.717) is 23.6 Å². The summed E-state index contributed by atoms with van der Waals surface area (Å²) >= 11 is 0. The molecule has 2 amide bonds. The number of hydrogen-bond acceptors (Lipinski definition) is 3. The summed E-state index contributed by atoms with van der Waals surface area (Å²) in [6.07, 6.45) is 3.30. The number of ether oxygens (including phenoxy) is 1. The minimum atomic E-state index is -0.340. The van der Waals surface area contributed by atoms with Gasteiger partial charge in [0.2, 0.25) is 0 Å². The zero-order chi connectivity index (χ0) is 22.4. The molecule has 0 spiro atoms. The van der Waals surface area contributed by atoms with Gasteiger partial charge in [0, 0.05) is 43.0 Å². The van der Waals surface area contributed by atoms with Crippen LogP contribution in [0.3, 0.4) is 0 Å². The molecule has 5 nitrogen and oxygen atoms in total. The molecular formula is C27H26FN3O2. The summed E-state index contributed by atoms with van der Waals surface area (Å²) in [6.45, 7) is 1.74. The molecule has 1 aliphatic carbocycles. The predicted octanol–water partition coefficient (Wildman–Crippen LogP) is 5.08. The highest BCUT2D eigenvalue weighted by atomic mass is 19.1. The van der Waals surface area contributed by atoms with Crippen LogP contribution in [-0.2, 0) is 12.8 Å². The Labute approximate surface area is 192 Å². The summed E-state index contributed by atoms with van der Waals surface area (Å²) in [6, 6.07) is 23.2. The highest BCUT2D eigenvalue weighted by Gasteiger charge is 2.48. The maximum Gasteiger partial charge on any atom is 0.322 e. The van der Waals surface area contributed by atoms with E-state index in [1.165, 1.54) is 23.3 Å². The van der Waals surface area contributed by atoms with Gasteiger partial charge in [0.05, 0.1) is 0 Å². The predicted molar refractivity (Wildman–Crippen MR) is 125 cm³/mol. The fraction of sp³-hybridized carbons (Fsp3) is 0.296. The third-order valence-corrected chi connectivity index (χ3v) is 7.18. The molecule has 2 heterocycles. The van der Waals surface area contributed by atoms with Gasteiger partial charge in [-0.2, -0.15) is 0 Å². The number of nitrogens with one attached hydrogen (secondary N) is 1. The Bertz CT molecular complexity index is 1160. The van der Waals surface area contributed by atoms with Gasteiger partial charge >= 0.3 is 6.03 Å². The SMILES string of the molecule is O=C(Nc1ccc(Oc2cccc(F)c2)cc1)N1CC2CC1CN2C1Cc2ccccc2C1. The van der Waals surface area contributed by atoms with E-state index in [0.717, 1.165) is 38.0 Å². The molecule has 2 aliphatic heterocycles. The van der Waals surface area contributed by atoms with Crippen molar-refractivity contribution < 1.29 is 13.9 Å². The summed E-state index contributed by atoms with van der Waals surface area (Å²) < 4.78 is 19.0. The number of carbonyl (C=O) groups excluding carboxylic acids is 1. The lowest BCUT2D eigenvalue weighted by Crippen LogP contribution is -2.53. The van der Waals surface area contributed by atoms with E-state index in [-0.39, 0.29) is 17.9 Å². The first-order valence-electron chi connectivity index (χ1n) is 11.6. The summed E-state index contributed by atoms with van der Waals surface area (Å²) in [5.41, 5.74) is 3.67. The number of anilines is 1. The Kier molecular flexibility index (Phi) is 5.03. The minimum Gasteiger partial charge on any atom is -0.457 e. The van der Waals surface area contributed by atoms with Crippen molar-refractivity contribution in [2.45, 2.75) is 37.4 Å². The van der Waals surface area contributed by atoms with Crippen molar-refractivity contribution >= 4 is 11.7 Å². The molecule has 0 radical (unpaired) electrons. The third-order valence-electron chi connectivity index (χ3n) is 7.18. The van der Waals surface area contributed by atoms with E-state index in [2.05, 4.69) is 34.5 Å². The number of piperazine rings is 1. The van der Waals surface area contributed by atoms with Gasteiger partial charge in [0.15, 0.2) is 0 Å². The number of benzene rings is 3. The molecule has 2 atom stereocenters. The first-order chi connectivity index (χ1) is 16.1. The second kappa shape index (κ2) is 8.19. The lowest BCUT2D eigenvalue weighted by atomic mass is 10.1. The quantitative estimate of drug-likeness (QED) is 0.612. The number of fused-ring (bicyclic) bond motifs is 3. The van der Waals surface area contributed by atoms with Gasteiger partial charge in [-0.15, -0.1) is 0 Å². The molecule has 3 aromatic rings. The minimum absolute atomic E-state index is 0.0457. The number of amides is 2. The highest BCUT2D eigenvalue weighted by molar-refractivity contribution is 5.90. The smallest absolute Gasteiger partial charge is 0.322 e. The first kappa shape index (κ1) is 20.2. The molecular weight excluding hydrogens is 417 g/mol. The maximum atomic E-state index is 13.3. The largest absolute Gasteiger partial charge is 0.457 e. The molecule has 0 aromatic heterocycles. The Balaban J connectivity index is 1.04. The standard InChI is InChI=1S/C27H26FN3O2/c28-20-6-3-7-26(14-20)33-25-10-8-21(9-11-25)29-27(32)31-17-23-15-24(31)16-30(23)22-12-18-4-1-2-5-19(18)13-22/h1-11,14,22-24H,12-13,15-17H2,(H,29,32). The van der Waals surface area contributed by atoms with Crippen molar-refractivity contribution in [2.75, 3.05) is 18.4 Å². The Morgan fingerprint density at radius 3 is 2.27 bits per heavy atom. The molecule has 1 N–H and O–H groups in total. The van der Waals surface area contributed by atoms with Crippen LogP contribution in [0.4, 0.5) is 14.9 Å². The van der Waals surface area contributed by atoms with Crippen LogP contribution in [0.2, 0.25) is 0 Å². The summed E-state index contributed by atoms with van der Waals surface area (Å²) in [5.74, 6) is 0.689. The van der Waals surface area contributed by atoms with Gasteiger partial charge in [-0.3, -0.25) is 4.90 Å². The Morgan fingerprint density at radius 2 is 1.61 bits per heavy atom. The van der Waals surface area contributed by atoms with Crippen molar-refractivity contribution in [3.63, 3.8) is 0 Å². The highest BCUT2D eigenvalue weighted by Crippen LogP contribution is 2.36. The molecule has 2 saturated heterocycles. The lowest BCUT2D eigenvalue weighted by Gasteiger charge is -2.37. The second-order valence-electron chi connectivity index (χ2n) is 9.24. The van der Waals surface area contributed by atoms with Gasteiger partial charge < -0.3 is 15.0 Å². The fourth-order valence-corrected chi connectivity index (χ4v) is 5.63. The van der Waals surface area contributed by atoms with E-state index >= 15 is 0 Å². The summed E-state index contributed by atoms with van der Waals surface area (Å²) in [4.78, 5) is 17.6. The van der Waals surface area contributed by atoms with Crippen molar-refractivity contribution in [1.82, 2.24) is 9.80 Å². The van der Waals surface area contributed by atoms with Crippen molar-refractivity contribution in [2.24, 2.45) is 0 Å². The van der Waals surface area contributed by atoms with Crippen LogP contribution in [0, 0.1) is 5.82 Å². The van der Waals surface area contributed by atoms with Crippen LogP contribution in [0.5, 0.6) is 11.5 Å². The number of carbonyl (C=O) groups is 1. The van der Waals surface area contributed by atoms with Crippen molar-refractivity contribution in [1.29, 1.82) is 0 Å². The summed E-state index contributed by atoms with van der Waals surface area (Å²) in [5, 5.41) is 3.02. The zero-order valence-electron chi connectivity index (χ0n) is 18.3. The van der Waals surface area contributed by atoms with Gasteiger partial charge in [0.25, 0.3) is 0 Å². The second-order valence-corrected chi connectivity index (χ2v) is 9.24. The van der Waals surface area contributed by atoms with Gasteiger partial charge in [-0.25, -0.2) is 9.18 Å². The number of halogens is 1. The number of likely N-dealkylation sites (tertiary alicyclic amines) is 2. The van der Waals surface area contributed by atoms with E-state index < -0.39 is 0 Å². The molecule has 0 saturated carbocycles. The normalized spacial score (nSPS) is 21.9. The lowest BCUT2D eigenvalue weighted by molar-refractivity contribution is 0.111. The van der Waals surface area contributed by atoms with Crippen molar-refractivity contribution in [3.05, 3.63) is 89.7 Å². The molecule has 33 heavy (non-hydrogen) atoms. The van der Waals surface area contributed by atoms with Gasteiger partial charge in [-0.1, -0.05) is 30.3 Å². The average molecular weight is 444 g/mol. The Hall–Kier alpha value is -3.38.